The van der Waals surface area contributed by atoms with Crippen LogP contribution in [0.3, 0.4) is 0 Å². The van der Waals surface area contributed by atoms with Crippen molar-refractivity contribution in [2.45, 2.75) is 0 Å². The van der Waals surface area contributed by atoms with Gasteiger partial charge in [0.15, 0.2) is 0 Å². The minimum atomic E-state index is -0.462. The van der Waals surface area contributed by atoms with Gasteiger partial charge in [0.05, 0.1) is 5.00 Å². The number of nitrogens with one attached hydrogen (secondary N) is 1. The van der Waals surface area contributed by atoms with Crippen LogP contribution in [-0.2, 0) is 4.79 Å². The van der Waals surface area contributed by atoms with Crippen LogP contribution in [0.25, 0.3) is 0 Å². The maximum absolute atomic E-state index is 10.9. The smallest absolute Gasteiger partial charge is 0.267 e. The van der Waals surface area contributed by atoms with Crippen LogP contribution in [0, 0.1) is 0 Å². The van der Waals surface area contributed by atoms with Crippen molar-refractivity contribution in [3.63, 3.8) is 0 Å². The molecule has 0 unspecified atom stereocenters. The number of carbonyl (C=O) groups is 1. The molecule has 0 saturated carbocycles. The number of amides is 1. The third-order valence-electron chi connectivity index (χ3n) is 1.63. The Bertz CT molecular complexity index is 355. The van der Waals surface area contributed by atoms with Crippen LogP contribution in [0.1, 0.15) is 5.56 Å². The Labute approximate surface area is 73.1 Å². The zero-order valence-electron chi connectivity index (χ0n) is 6.20. The molecule has 1 aliphatic rings. The molecular formula is C7H7N3OS. The lowest BCUT2D eigenvalue weighted by Gasteiger charge is -2.11. The van der Waals surface area contributed by atoms with Gasteiger partial charge in [-0.2, -0.15) is 0 Å². The first kappa shape index (κ1) is 7.30. The first-order valence-corrected chi connectivity index (χ1v) is 4.33. The van der Waals surface area contributed by atoms with Gasteiger partial charge in [0, 0.05) is 5.56 Å². The topological polar surface area (TPSA) is 67.5 Å². The van der Waals surface area contributed by atoms with E-state index >= 15 is 0 Å². The van der Waals surface area contributed by atoms with E-state index in [0.29, 0.717) is 12.4 Å². The minimum absolute atomic E-state index is 0.380. The summed E-state index contributed by atoms with van der Waals surface area (Å²) in [5.41, 5.74) is 6.35. The standard InChI is InChI=1S/C7H7N3OS/c8-6(11)5-4-1-2-12-7(4)10-3-9-5/h1-2,10H,3H2,(H2,8,11). The number of rotatable bonds is 1. The van der Waals surface area contributed by atoms with Crippen molar-refractivity contribution in [1.82, 2.24) is 0 Å². The molecule has 5 heteroatoms. The molecule has 0 aromatic carbocycles. The highest BCUT2D eigenvalue weighted by molar-refractivity contribution is 7.14. The fraction of sp³-hybridized carbons (Fsp3) is 0.143. The van der Waals surface area contributed by atoms with Crippen LogP contribution < -0.4 is 11.1 Å². The molecule has 1 amide bonds. The van der Waals surface area contributed by atoms with Crippen molar-refractivity contribution in [3.05, 3.63) is 17.0 Å². The van der Waals surface area contributed by atoms with E-state index < -0.39 is 5.91 Å². The molecule has 0 radical (unpaired) electrons. The fourth-order valence-corrected chi connectivity index (χ4v) is 1.90. The fourth-order valence-electron chi connectivity index (χ4n) is 1.12. The molecule has 62 valence electrons. The molecule has 1 aromatic heterocycles. The summed E-state index contributed by atoms with van der Waals surface area (Å²) in [5, 5.41) is 5.93. The summed E-state index contributed by atoms with van der Waals surface area (Å²) in [6.07, 6.45) is 0. The maximum Gasteiger partial charge on any atom is 0.267 e. The maximum atomic E-state index is 10.9. The molecule has 0 aliphatic carbocycles. The molecule has 1 aromatic rings. The van der Waals surface area contributed by atoms with Crippen LogP contribution in [0.4, 0.5) is 5.00 Å². The first-order chi connectivity index (χ1) is 5.79. The van der Waals surface area contributed by atoms with E-state index in [-0.39, 0.29) is 0 Å². The zero-order chi connectivity index (χ0) is 8.55. The van der Waals surface area contributed by atoms with E-state index in [1.54, 1.807) is 11.3 Å². The van der Waals surface area contributed by atoms with Crippen LogP contribution in [0.15, 0.2) is 16.4 Å². The van der Waals surface area contributed by atoms with Crippen molar-refractivity contribution >= 4 is 28.0 Å². The van der Waals surface area contributed by atoms with Gasteiger partial charge in [0.1, 0.15) is 12.4 Å². The molecule has 3 N–H and O–H groups in total. The summed E-state index contributed by atoms with van der Waals surface area (Å²) in [7, 11) is 0. The number of nitrogens with zero attached hydrogens (tertiary/aromatic N) is 1. The molecule has 0 spiro atoms. The quantitative estimate of drug-likeness (QED) is 0.658. The summed E-state index contributed by atoms with van der Waals surface area (Å²) < 4.78 is 0. The average Bonchev–Trinajstić information content (AvgIpc) is 2.49. The van der Waals surface area contributed by atoms with Crippen LogP contribution in [0.5, 0.6) is 0 Å². The molecule has 2 heterocycles. The molecule has 0 saturated heterocycles. The van der Waals surface area contributed by atoms with Gasteiger partial charge in [-0.25, -0.2) is 0 Å². The van der Waals surface area contributed by atoms with Gasteiger partial charge in [-0.1, -0.05) is 0 Å². The Morgan fingerprint density at radius 1 is 1.75 bits per heavy atom. The minimum Gasteiger partial charge on any atom is -0.364 e. The summed E-state index contributed by atoms with van der Waals surface area (Å²) in [6, 6.07) is 1.84. The van der Waals surface area contributed by atoms with E-state index in [9.17, 15) is 4.79 Å². The highest BCUT2D eigenvalue weighted by Gasteiger charge is 2.18. The number of nitrogens with two attached hydrogens (primary N) is 1. The number of aliphatic imine (C=N–C) groups is 1. The third kappa shape index (κ3) is 0.984. The number of hydrogen-bond donors (Lipinski definition) is 2. The van der Waals surface area contributed by atoms with Gasteiger partial charge in [0.25, 0.3) is 5.91 Å². The predicted octanol–water partition coefficient (Wildman–Crippen LogP) is 0.405. The van der Waals surface area contributed by atoms with E-state index in [1.807, 2.05) is 11.4 Å². The lowest BCUT2D eigenvalue weighted by atomic mass is 10.1. The highest BCUT2D eigenvalue weighted by atomic mass is 32.1. The van der Waals surface area contributed by atoms with Crippen molar-refractivity contribution in [1.29, 1.82) is 0 Å². The SMILES string of the molecule is NC(=O)C1=NCNc2sccc21. The van der Waals surface area contributed by atoms with Crippen LogP contribution in [-0.4, -0.2) is 18.3 Å². The number of primary amides is 1. The number of hydrogen-bond acceptors (Lipinski definition) is 4. The second kappa shape index (κ2) is 2.60. The summed E-state index contributed by atoms with van der Waals surface area (Å²) in [4.78, 5) is 14.9. The lowest BCUT2D eigenvalue weighted by Crippen LogP contribution is -2.27. The largest absolute Gasteiger partial charge is 0.364 e. The number of carbonyl (C=O) groups excluding carboxylic acids is 1. The second-order valence-corrected chi connectivity index (χ2v) is 3.29. The highest BCUT2D eigenvalue weighted by Crippen LogP contribution is 2.25. The number of anilines is 1. The van der Waals surface area contributed by atoms with Crippen LogP contribution in [0.2, 0.25) is 0 Å². The Balaban J connectivity index is 2.50. The predicted molar refractivity (Wildman–Crippen MR) is 48.5 cm³/mol. The van der Waals surface area contributed by atoms with Gasteiger partial charge in [0.2, 0.25) is 0 Å². The average molecular weight is 181 g/mol. The summed E-state index contributed by atoms with van der Waals surface area (Å²) in [5.74, 6) is -0.462. The van der Waals surface area contributed by atoms with Crippen LogP contribution >= 0.6 is 11.3 Å². The van der Waals surface area contributed by atoms with Crippen molar-refractivity contribution in [2.24, 2.45) is 10.7 Å². The van der Waals surface area contributed by atoms with Crippen molar-refractivity contribution in [2.75, 3.05) is 12.0 Å². The molecule has 12 heavy (non-hydrogen) atoms. The van der Waals surface area contributed by atoms with Crippen molar-refractivity contribution in [3.8, 4) is 0 Å². The Morgan fingerprint density at radius 3 is 3.33 bits per heavy atom. The molecule has 4 nitrogen and oxygen atoms in total. The van der Waals surface area contributed by atoms with Gasteiger partial charge in [-0.05, 0) is 11.4 Å². The number of fused-ring (bicyclic) bond motifs is 1. The summed E-state index contributed by atoms with van der Waals surface area (Å²) >= 11 is 1.55. The van der Waals surface area contributed by atoms with Gasteiger partial charge in [-0.15, -0.1) is 11.3 Å². The van der Waals surface area contributed by atoms with E-state index in [2.05, 4.69) is 10.3 Å². The first-order valence-electron chi connectivity index (χ1n) is 3.45. The molecule has 0 fully saturated rings. The van der Waals surface area contributed by atoms with Crippen molar-refractivity contribution < 1.29 is 4.79 Å². The van der Waals surface area contributed by atoms with Gasteiger partial charge in [-0.3, -0.25) is 9.79 Å². The van der Waals surface area contributed by atoms with Gasteiger partial charge < -0.3 is 11.1 Å². The Morgan fingerprint density at radius 2 is 2.58 bits per heavy atom. The number of thiophene rings is 1. The van der Waals surface area contributed by atoms with E-state index in [0.717, 1.165) is 10.6 Å². The van der Waals surface area contributed by atoms with E-state index in [4.69, 9.17) is 5.73 Å². The second-order valence-electron chi connectivity index (χ2n) is 2.37. The molecular weight excluding hydrogens is 174 g/mol. The molecule has 0 atom stereocenters. The van der Waals surface area contributed by atoms with E-state index in [1.165, 1.54) is 0 Å². The molecule has 2 rings (SSSR count). The summed E-state index contributed by atoms with van der Waals surface area (Å²) in [6.45, 7) is 0.436. The molecule has 1 aliphatic heterocycles. The lowest BCUT2D eigenvalue weighted by molar-refractivity contribution is -0.111. The Hall–Kier alpha value is -1.36. The normalized spacial score (nSPS) is 14.5. The molecule has 0 bridgehead atoms. The monoisotopic (exact) mass is 181 g/mol. The zero-order valence-corrected chi connectivity index (χ0v) is 7.02. The third-order valence-corrected chi connectivity index (χ3v) is 2.50. The van der Waals surface area contributed by atoms with Gasteiger partial charge >= 0.3 is 0 Å². The Kier molecular flexibility index (Phi) is 1.58.